The van der Waals surface area contributed by atoms with Crippen LogP contribution >= 0.6 is 11.6 Å². The molecule has 0 saturated carbocycles. The SMILES string of the molecule is CN(C)c1nc(Cc2ccc(NC(=O)/C=C/c3ccccc3)cc2)nc(Cl)c1CC(=O)O. The standard InChI is InChI=1S/C24H23ClN4O3/c1-29(2)24-19(15-22(31)32)23(25)27-20(28-24)14-17-8-11-18(12-9-17)26-21(30)13-10-16-6-4-3-5-7-16/h3-13H,14-15H2,1-2H3,(H,26,30)(H,31,32)/b13-10+. The zero-order chi connectivity index (χ0) is 23.1. The van der Waals surface area contributed by atoms with Gasteiger partial charge in [0.05, 0.1) is 6.42 Å². The zero-order valence-electron chi connectivity index (χ0n) is 17.7. The van der Waals surface area contributed by atoms with Crippen LogP contribution < -0.4 is 10.2 Å². The van der Waals surface area contributed by atoms with Crippen molar-refractivity contribution in [2.75, 3.05) is 24.3 Å². The highest BCUT2D eigenvalue weighted by atomic mass is 35.5. The van der Waals surface area contributed by atoms with Gasteiger partial charge in [-0.3, -0.25) is 9.59 Å². The molecule has 1 aromatic heterocycles. The van der Waals surface area contributed by atoms with Gasteiger partial charge in [0, 0.05) is 37.8 Å². The van der Waals surface area contributed by atoms with E-state index in [0.717, 1.165) is 11.1 Å². The van der Waals surface area contributed by atoms with E-state index in [-0.39, 0.29) is 17.5 Å². The van der Waals surface area contributed by atoms with E-state index in [1.54, 1.807) is 37.2 Å². The lowest BCUT2D eigenvalue weighted by Crippen LogP contribution is -2.18. The summed E-state index contributed by atoms with van der Waals surface area (Å²) in [5, 5.41) is 12.1. The van der Waals surface area contributed by atoms with Gasteiger partial charge in [-0.05, 0) is 29.3 Å². The maximum Gasteiger partial charge on any atom is 0.308 e. The van der Waals surface area contributed by atoms with Gasteiger partial charge in [-0.2, -0.15) is 0 Å². The van der Waals surface area contributed by atoms with Crippen molar-refractivity contribution in [2.24, 2.45) is 0 Å². The molecule has 0 spiro atoms. The Labute approximate surface area is 191 Å². The van der Waals surface area contributed by atoms with Crippen LogP contribution in [0.3, 0.4) is 0 Å². The molecule has 164 valence electrons. The Bertz CT molecular complexity index is 1130. The number of benzene rings is 2. The van der Waals surface area contributed by atoms with Gasteiger partial charge < -0.3 is 15.3 Å². The second-order valence-electron chi connectivity index (χ2n) is 7.30. The smallest absolute Gasteiger partial charge is 0.308 e. The lowest BCUT2D eigenvalue weighted by atomic mass is 10.1. The molecule has 0 saturated heterocycles. The number of nitrogens with zero attached hydrogens (tertiary/aromatic N) is 3. The Morgan fingerprint density at radius 3 is 2.38 bits per heavy atom. The topological polar surface area (TPSA) is 95.4 Å². The molecule has 7 nitrogen and oxygen atoms in total. The summed E-state index contributed by atoms with van der Waals surface area (Å²) in [6.07, 6.45) is 3.40. The molecule has 32 heavy (non-hydrogen) atoms. The van der Waals surface area contributed by atoms with Gasteiger partial charge in [-0.1, -0.05) is 54.1 Å². The number of anilines is 2. The third-order valence-corrected chi connectivity index (χ3v) is 4.86. The summed E-state index contributed by atoms with van der Waals surface area (Å²) in [5.74, 6) is -0.254. The van der Waals surface area contributed by atoms with Crippen molar-refractivity contribution in [1.82, 2.24) is 9.97 Å². The second kappa shape index (κ2) is 10.5. The summed E-state index contributed by atoms with van der Waals surface area (Å²) >= 11 is 6.25. The number of hydrogen-bond acceptors (Lipinski definition) is 5. The fourth-order valence-electron chi connectivity index (χ4n) is 3.05. The second-order valence-corrected chi connectivity index (χ2v) is 7.66. The van der Waals surface area contributed by atoms with Crippen molar-refractivity contribution < 1.29 is 14.7 Å². The van der Waals surface area contributed by atoms with Gasteiger partial charge in [0.2, 0.25) is 5.91 Å². The van der Waals surface area contributed by atoms with E-state index < -0.39 is 5.97 Å². The minimum absolute atomic E-state index is 0.134. The normalized spacial score (nSPS) is 10.8. The highest BCUT2D eigenvalue weighted by molar-refractivity contribution is 6.30. The molecule has 2 aromatic carbocycles. The van der Waals surface area contributed by atoms with Crippen LogP contribution in [0.5, 0.6) is 0 Å². The minimum atomic E-state index is -0.998. The first-order chi connectivity index (χ1) is 15.3. The Hall–Kier alpha value is -3.71. The van der Waals surface area contributed by atoms with Crippen LogP contribution in [0, 0.1) is 0 Å². The van der Waals surface area contributed by atoms with E-state index in [0.29, 0.717) is 29.3 Å². The van der Waals surface area contributed by atoms with Crippen molar-refractivity contribution >= 4 is 41.1 Å². The Kier molecular flexibility index (Phi) is 7.57. The predicted molar refractivity (Wildman–Crippen MR) is 126 cm³/mol. The number of amides is 1. The molecule has 1 amide bonds. The molecule has 8 heteroatoms. The number of carbonyl (C=O) groups excluding carboxylic acids is 1. The maximum absolute atomic E-state index is 12.1. The monoisotopic (exact) mass is 450 g/mol. The predicted octanol–water partition coefficient (Wildman–Crippen LogP) is 4.07. The number of aromatic nitrogens is 2. The number of nitrogens with one attached hydrogen (secondary N) is 1. The molecule has 0 aliphatic carbocycles. The molecule has 2 N–H and O–H groups in total. The Morgan fingerprint density at radius 1 is 1.06 bits per heavy atom. The van der Waals surface area contributed by atoms with Gasteiger partial charge in [-0.15, -0.1) is 0 Å². The Morgan fingerprint density at radius 2 is 1.75 bits per heavy atom. The molecule has 3 rings (SSSR count). The van der Waals surface area contributed by atoms with E-state index in [9.17, 15) is 9.59 Å². The first-order valence-corrected chi connectivity index (χ1v) is 10.3. The van der Waals surface area contributed by atoms with Gasteiger partial charge in [-0.25, -0.2) is 9.97 Å². The molecular weight excluding hydrogens is 428 g/mol. The number of carbonyl (C=O) groups is 2. The zero-order valence-corrected chi connectivity index (χ0v) is 18.5. The van der Waals surface area contributed by atoms with E-state index in [4.69, 9.17) is 16.7 Å². The van der Waals surface area contributed by atoms with E-state index in [2.05, 4.69) is 15.3 Å². The number of hydrogen-bond donors (Lipinski definition) is 2. The van der Waals surface area contributed by atoms with Crippen molar-refractivity contribution in [3.63, 3.8) is 0 Å². The third kappa shape index (κ3) is 6.39. The number of carboxylic acids is 1. The van der Waals surface area contributed by atoms with Gasteiger partial charge in [0.15, 0.2) is 0 Å². The van der Waals surface area contributed by atoms with E-state index in [1.165, 1.54) is 6.08 Å². The molecule has 0 aliphatic heterocycles. The van der Waals surface area contributed by atoms with E-state index in [1.807, 2.05) is 42.5 Å². The van der Waals surface area contributed by atoms with E-state index >= 15 is 0 Å². The van der Waals surface area contributed by atoms with Crippen LogP contribution in [0.15, 0.2) is 60.7 Å². The lowest BCUT2D eigenvalue weighted by molar-refractivity contribution is -0.136. The molecule has 3 aromatic rings. The van der Waals surface area contributed by atoms with Crippen molar-refractivity contribution in [3.05, 3.63) is 88.3 Å². The summed E-state index contributed by atoms with van der Waals surface area (Å²) in [5.41, 5.74) is 2.92. The highest BCUT2D eigenvalue weighted by Gasteiger charge is 2.17. The number of aliphatic carboxylic acids is 1. The molecule has 0 bridgehead atoms. The summed E-state index contributed by atoms with van der Waals surface area (Å²) in [7, 11) is 3.55. The quantitative estimate of drug-likeness (QED) is 0.397. The van der Waals surface area contributed by atoms with Crippen LogP contribution in [0.2, 0.25) is 5.15 Å². The van der Waals surface area contributed by atoms with Crippen LogP contribution in [-0.2, 0) is 22.4 Å². The maximum atomic E-state index is 12.1. The molecule has 0 unspecified atom stereocenters. The average molecular weight is 451 g/mol. The summed E-state index contributed by atoms with van der Waals surface area (Å²) in [6.45, 7) is 0. The molecule has 0 aliphatic rings. The summed E-state index contributed by atoms with van der Waals surface area (Å²) in [6, 6.07) is 16.9. The number of carboxylic acid groups (broad SMARTS) is 1. The first kappa shape index (κ1) is 23.0. The van der Waals surface area contributed by atoms with Crippen molar-refractivity contribution in [1.29, 1.82) is 0 Å². The Balaban J connectivity index is 1.68. The van der Waals surface area contributed by atoms with Crippen LogP contribution in [0.1, 0.15) is 22.5 Å². The highest BCUT2D eigenvalue weighted by Crippen LogP contribution is 2.25. The fourth-order valence-corrected chi connectivity index (χ4v) is 3.30. The van der Waals surface area contributed by atoms with Gasteiger partial charge in [0.1, 0.15) is 16.8 Å². The van der Waals surface area contributed by atoms with Crippen LogP contribution in [0.25, 0.3) is 6.08 Å². The first-order valence-electron chi connectivity index (χ1n) is 9.89. The number of rotatable bonds is 8. The molecule has 0 atom stereocenters. The fraction of sp³-hybridized carbons (Fsp3) is 0.167. The third-order valence-electron chi connectivity index (χ3n) is 4.54. The number of halogens is 1. The van der Waals surface area contributed by atoms with Crippen molar-refractivity contribution in [3.8, 4) is 0 Å². The molecule has 0 fully saturated rings. The molecule has 0 radical (unpaired) electrons. The minimum Gasteiger partial charge on any atom is -0.481 e. The van der Waals surface area contributed by atoms with Crippen LogP contribution in [0.4, 0.5) is 11.5 Å². The van der Waals surface area contributed by atoms with Crippen LogP contribution in [-0.4, -0.2) is 41.0 Å². The lowest BCUT2D eigenvalue weighted by Gasteiger charge is -2.17. The summed E-state index contributed by atoms with van der Waals surface area (Å²) < 4.78 is 0. The van der Waals surface area contributed by atoms with Crippen molar-refractivity contribution in [2.45, 2.75) is 12.8 Å². The molecule has 1 heterocycles. The van der Waals surface area contributed by atoms with Gasteiger partial charge in [0.25, 0.3) is 0 Å². The largest absolute Gasteiger partial charge is 0.481 e. The summed E-state index contributed by atoms with van der Waals surface area (Å²) in [4.78, 5) is 33.7. The molecular formula is C24H23ClN4O3. The average Bonchev–Trinajstić information content (AvgIpc) is 2.75. The van der Waals surface area contributed by atoms with Gasteiger partial charge >= 0.3 is 5.97 Å².